The SMILES string of the molecule is CC1(C)CCC(C)(C)c2c(Br)cc(C=O)cc21. The maximum Gasteiger partial charge on any atom is 0.150 e. The Hall–Kier alpha value is -0.630. The highest BCUT2D eigenvalue weighted by molar-refractivity contribution is 9.10. The second-order valence-corrected chi connectivity index (χ2v) is 7.17. The highest BCUT2D eigenvalue weighted by Gasteiger charge is 2.38. The van der Waals surface area contributed by atoms with Crippen LogP contribution < -0.4 is 0 Å². The van der Waals surface area contributed by atoms with Crippen molar-refractivity contribution >= 4 is 22.2 Å². The molecule has 0 aromatic heterocycles. The van der Waals surface area contributed by atoms with Crippen LogP contribution >= 0.6 is 15.9 Å². The molecule has 2 rings (SSSR count). The zero-order valence-corrected chi connectivity index (χ0v) is 12.5. The molecule has 0 aliphatic heterocycles. The second-order valence-electron chi connectivity index (χ2n) is 6.31. The van der Waals surface area contributed by atoms with E-state index < -0.39 is 0 Å². The maximum atomic E-state index is 11.0. The Morgan fingerprint density at radius 2 is 1.71 bits per heavy atom. The molecule has 1 aromatic rings. The molecule has 0 amide bonds. The Balaban J connectivity index is 2.75. The van der Waals surface area contributed by atoms with Gasteiger partial charge in [-0.05, 0) is 46.9 Å². The Kier molecular flexibility index (Phi) is 2.97. The third kappa shape index (κ3) is 2.08. The Labute approximate surface area is 112 Å². The fraction of sp³-hybridized carbons (Fsp3) is 0.533. The molecule has 1 nitrogen and oxygen atoms in total. The molecule has 1 aromatic carbocycles. The number of fused-ring (bicyclic) bond motifs is 1. The minimum atomic E-state index is 0.159. The van der Waals surface area contributed by atoms with Gasteiger partial charge in [0.15, 0.2) is 0 Å². The van der Waals surface area contributed by atoms with Crippen LogP contribution in [0.3, 0.4) is 0 Å². The van der Waals surface area contributed by atoms with E-state index in [9.17, 15) is 4.79 Å². The molecule has 17 heavy (non-hydrogen) atoms. The van der Waals surface area contributed by atoms with Crippen LogP contribution in [0.4, 0.5) is 0 Å². The van der Waals surface area contributed by atoms with E-state index in [0.29, 0.717) is 0 Å². The number of hydrogen-bond donors (Lipinski definition) is 0. The molecule has 92 valence electrons. The van der Waals surface area contributed by atoms with Crippen molar-refractivity contribution in [1.82, 2.24) is 0 Å². The lowest BCUT2D eigenvalue weighted by atomic mass is 9.63. The molecule has 1 aliphatic carbocycles. The van der Waals surface area contributed by atoms with Crippen LogP contribution in [-0.4, -0.2) is 6.29 Å². The van der Waals surface area contributed by atoms with Gasteiger partial charge in [0.25, 0.3) is 0 Å². The van der Waals surface area contributed by atoms with Crippen molar-refractivity contribution in [3.8, 4) is 0 Å². The van der Waals surface area contributed by atoms with Crippen molar-refractivity contribution < 1.29 is 4.79 Å². The van der Waals surface area contributed by atoms with Gasteiger partial charge >= 0.3 is 0 Å². The van der Waals surface area contributed by atoms with Gasteiger partial charge in [-0.15, -0.1) is 0 Å². The Bertz CT molecular complexity index is 472. The van der Waals surface area contributed by atoms with Crippen LogP contribution in [0.2, 0.25) is 0 Å². The van der Waals surface area contributed by atoms with Crippen LogP contribution in [0.5, 0.6) is 0 Å². The quantitative estimate of drug-likeness (QED) is 0.691. The molecule has 0 fully saturated rings. The van der Waals surface area contributed by atoms with Gasteiger partial charge in [0.2, 0.25) is 0 Å². The van der Waals surface area contributed by atoms with E-state index in [1.165, 1.54) is 24.0 Å². The smallest absolute Gasteiger partial charge is 0.150 e. The summed E-state index contributed by atoms with van der Waals surface area (Å²) in [6.45, 7) is 9.10. The minimum absolute atomic E-state index is 0.159. The van der Waals surface area contributed by atoms with Gasteiger partial charge < -0.3 is 0 Å². The summed E-state index contributed by atoms with van der Waals surface area (Å²) in [4.78, 5) is 11.0. The van der Waals surface area contributed by atoms with Gasteiger partial charge in [-0.2, -0.15) is 0 Å². The summed E-state index contributed by atoms with van der Waals surface area (Å²) in [6.07, 6.45) is 3.29. The number of rotatable bonds is 1. The van der Waals surface area contributed by atoms with E-state index in [4.69, 9.17) is 0 Å². The van der Waals surface area contributed by atoms with Crippen LogP contribution in [0, 0.1) is 0 Å². The maximum absolute atomic E-state index is 11.0. The first-order valence-electron chi connectivity index (χ1n) is 6.08. The summed E-state index contributed by atoms with van der Waals surface area (Å²) >= 11 is 3.64. The molecule has 0 radical (unpaired) electrons. The molecule has 0 saturated carbocycles. The number of carbonyl (C=O) groups is 1. The fourth-order valence-electron chi connectivity index (χ4n) is 2.80. The van der Waals surface area contributed by atoms with Gasteiger partial charge in [-0.25, -0.2) is 0 Å². The predicted octanol–water partition coefficient (Wildman–Crippen LogP) is 4.61. The lowest BCUT2D eigenvalue weighted by Gasteiger charge is -2.42. The largest absolute Gasteiger partial charge is 0.298 e. The molecular formula is C15H19BrO. The minimum Gasteiger partial charge on any atom is -0.298 e. The number of aldehydes is 1. The van der Waals surface area contributed by atoms with Crippen LogP contribution in [0.1, 0.15) is 62.0 Å². The molecule has 0 bridgehead atoms. The highest BCUT2D eigenvalue weighted by atomic mass is 79.9. The first kappa shape index (κ1) is 12.8. The van der Waals surface area contributed by atoms with Crippen LogP contribution in [0.25, 0.3) is 0 Å². The van der Waals surface area contributed by atoms with E-state index in [0.717, 1.165) is 16.3 Å². The topological polar surface area (TPSA) is 17.1 Å². The average molecular weight is 295 g/mol. The molecular weight excluding hydrogens is 276 g/mol. The summed E-state index contributed by atoms with van der Waals surface area (Å²) in [5.74, 6) is 0. The first-order chi connectivity index (χ1) is 7.78. The third-order valence-corrected chi connectivity index (χ3v) is 4.65. The average Bonchev–Trinajstić information content (AvgIpc) is 2.23. The van der Waals surface area contributed by atoms with Crippen molar-refractivity contribution in [2.75, 3.05) is 0 Å². The Morgan fingerprint density at radius 1 is 1.12 bits per heavy atom. The number of benzene rings is 1. The van der Waals surface area contributed by atoms with E-state index in [1.54, 1.807) is 0 Å². The molecule has 0 saturated heterocycles. The Morgan fingerprint density at radius 3 is 2.29 bits per heavy atom. The molecule has 0 atom stereocenters. The molecule has 0 heterocycles. The van der Waals surface area contributed by atoms with Crippen molar-refractivity contribution in [1.29, 1.82) is 0 Å². The normalized spacial score (nSPS) is 20.8. The van der Waals surface area contributed by atoms with E-state index >= 15 is 0 Å². The van der Waals surface area contributed by atoms with E-state index in [1.807, 2.05) is 6.07 Å². The number of hydrogen-bond acceptors (Lipinski definition) is 1. The lowest BCUT2D eigenvalue weighted by molar-refractivity contribution is 0.112. The molecule has 0 N–H and O–H groups in total. The lowest BCUT2D eigenvalue weighted by Crippen LogP contribution is -2.34. The van der Waals surface area contributed by atoms with Gasteiger partial charge in [-0.3, -0.25) is 4.79 Å². The number of carbonyl (C=O) groups excluding carboxylic acids is 1. The monoisotopic (exact) mass is 294 g/mol. The van der Waals surface area contributed by atoms with Crippen molar-refractivity contribution in [2.24, 2.45) is 0 Å². The molecule has 0 unspecified atom stereocenters. The summed E-state index contributed by atoms with van der Waals surface area (Å²) in [5, 5.41) is 0. The molecule has 1 aliphatic rings. The van der Waals surface area contributed by atoms with Crippen LogP contribution in [-0.2, 0) is 10.8 Å². The summed E-state index contributed by atoms with van der Waals surface area (Å²) in [7, 11) is 0. The van der Waals surface area contributed by atoms with Crippen molar-refractivity contribution in [3.63, 3.8) is 0 Å². The fourth-order valence-corrected chi connectivity index (χ4v) is 3.82. The summed E-state index contributed by atoms with van der Waals surface area (Å²) < 4.78 is 1.08. The second kappa shape index (κ2) is 3.94. The molecule has 2 heteroatoms. The first-order valence-corrected chi connectivity index (χ1v) is 6.87. The van der Waals surface area contributed by atoms with E-state index in [2.05, 4.69) is 49.7 Å². The zero-order chi connectivity index (χ0) is 12.8. The van der Waals surface area contributed by atoms with Gasteiger partial charge in [0, 0.05) is 10.0 Å². The predicted molar refractivity (Wildman–Crippen MR) is 74.8 cm³/mol. The molecule has 0 spiro atoms. The van der Waals surface area contributed by atoms with Gasteiger partial charge in [-0.1, -0.05) is 43.6 Å². The van der Waals surface area contributed by atoms with Crippen molar-refractivity contribution in [2.45, 2.75) is 51.4 Å². The number of halogens is 1. The summed E-state index contributed by atoms with van der Waals surface area (Å²) in [5.41, 5.74) is 3.81. The summed E-state index contributed by atoms with van der Waals surface area (Å²) in [6, 6.07) is 4.00. The van der Waals surface area contributed by atoms with Gasteiger partial charge in [0.05, 0.1) is 0 Å². The van der Waals surface area contributed by atoms with Crippen molar-refractivity contribution in [3.05, 3.63) is 33.3 Å². The van der Waals surface area contributed by atoms with E-state index in [-0.39, 0.29) is 10.8 Å². The zero-order valence-electron chi connectivity index (χ0n) is 10.9. The highest BCUT2D eigenvalue weighted by Crippen LogP contribution is 2.48. The standard InChI is InChI=1S/C15H19BrO/c1-14(2)5-6-15(3,4)13-11(14)7-10(9-17)8-12(13)16/h7-9H,5-6H2,1-4H3. The van der Waals surface area contributed by atoms with Gasteiger partial charge in [0.1, 0.15) is 6.29 Å². The third-order valence-electron chi connectivity index (χ3n) is 4.03. The van der Waals surface area contributed by atoms with Crippen LogP contribution in [0.15, 0.2) is 16.6 Å².